The highest BCUT2D eigenvalue weighted by Gasteiger charge is 2.14. The largest absolute Gasteiger partial charge is 0.493 e. The van der Waals surface area contributed by atoms with Crippen molar-refractivity contribution in [2.24, 2.45) is 0 Å². The molecule has 0 fully saturated rings. The van der Waals surface area contributed by atoms with Crippen molar-refractivity contribution in [3.8, 4) is 28.4 Å². The number of fused-ring (bicyclic) bond motifs is 1. The van der Waals surface area contributed by atoms with E-state index < -0.39 is 11.6 Å². The maximum atomic E-state index is 12.5. The molecule has 0 spiro atoms. The Balaban J connectivity index is 1.62. The Labute approximate surface area is 182 Å². The van der Waals surface area contributed by atoms with Crippen LogP contribution in [0.25, 0.3) is 22.1 Å². The first kappa shape index (κ1) is 20.5. The van der Waals surface area contributed by atoms with Crippen LogP contribution in [0.3, 0.4) is 0 Å². The summed E-state index contributed by atoms with van der Waals surface area (Å²) in [6.45, 7) is 0. The number of methoxy groups -OCH3 is 2. The maximum absolute atomic E-state index is 12.5. The smallest absolute Gasteiger partial charge is 0.344 e. The van der Waals surface area contributed by atoms with E-state index in [9.17, 15) is 9.59 Å². The topological polar surface area (TPSA) is 75.0 Å². The minimum Gasteiger partial charge on any atom is -0.493 e. The molecule has 0 amide bonds. The molecular weight excluding hydrogens is 420 g/mol. The van der Waals surface area contributed by atoms with Gasteiger partial charge in [0, 0.05) is 16.5 Å². The summed E-state index contributed by atoms with van der Waals surface area (Å²) in [6, 6.07) is 18.2. The van der Waals surface area contributed by atoms with E-state index in [2.05, 4.69) is 0 Å². The minimum absolute atomic E-state index is 0.245. The van der Waals surface area contributed by atoms with Crippen molar-refractivity contribution in [2.45, 2.75) is 0 Å². The highest BCUT2D eigenvalue weighted by Crippen LogP contribution is 2.29. The number of carbonyl (C=O) groups is 1. The maximum Gasteiger partial charge on any atom is 0.344 e. The molecule has 4 aromatic rings. The van der Waals surface area contributed by atoms with Crippen molar-refractivity contribution < 1.29 is 23.4 Å². The number of carbonyl (C=O) groups excluding carboxylic acids is 1. The number of benzene rings is 3. The zero-order valence-corrected chi connectivity index (χ0v) is 17.4. The molecule has 3 aromatic carbocycles. The Morgan fingerprint density at radius 3 is 2.32 bits per heavy atom. The van der Waals surface area contributed by atoms with Gasteiger partial charge in [-0.25, -0.2) is 9.59 Å². The molecule has 4 rings (SSSR count). The number of hydrogen-bond donors (Lipinski definition) is 0. The summed E-state index contributed by atoms with van der Waals surface area (Å²) >= 11 is 5.91. The Kier molecular flexibility index (Phi) is 5.64. The van der Waals surface area contributed by atoms with Gasteiger partial charge in [0.2, 0.25) is 0 Å². The molecule has 0 aliphatic carbocycles. The second-order valence-corrected chi connectivity index (χ2v) is 7.05. The number of esters is 1. The Morgan fingerprint density at radius 1 is 0.871 bits per heavy atom. The fourth-order valence-corrected chi connectivity index (χ4v) is 3.24. The molecule has 1 heterocycles. The molecule has 156 valence electrons. The van der Waals surface area contributed by atoms with Crippen LogP contribution in [0.2, 0.25) is 5.02 Å². The summed E-state index contributed by atoms with van der Waals surface area (Å²) in [5, 5.41) is 1.27. The van der Waals surface area contributed by atoms with Crippen LogP contribution in [0.1, 0.15) is 10.4 Å². The molecule has 6 nitrogen and oxygen atoms in total. The minimum atomic E-state index is -0.583. The molecule has 31 heavy (non-hydrogen) atoms. The second kappa shape index (κ2) is 8.53. The fourth-order valence-electron chi connectivity index (χ4n) is 3.11. The van der Waals surface area contributed by atoms with E-state index in [1.807, 2.05) is 0 Å². The van der Waals surface area contributed by atoms with E-state index in [1.54, 1.807) is 54.6 Å². The van der Waals surface area contributed by atoms with Gasteiger partial charge in [0.1, 0.15) is 11.3 Å². The zero-order valence-electron chi connectivity index (χ0n) is 16.7. The number of ether oxygens (including phenoxy) is 3. The highest BCUT2D eigenvalue weighted by molar-refractivity contribution is 6.30. The molecular formula is C24H17ClO6. The normalized spacial score (nSPS) is 10.7. The summed E-state index contributed by atoms with van der Waals surface area (Å²) in [4.78, 5) is 25.0. The van der Waals surface area contributed by atoms with Crippen LogP contribution < -0.4 is 19.8 Å². The van der Waals surface area contributed by atoms with E-state index in [-0.39, 0.29) is 11.3 Å². The van der Waals surface area contributed by atoms with Crippen LogP contribution in [0.5, 0.6) is 17.2 Å². The van der Waals surface area contributed by atoms with E-state index in [1.165, 1.54) is 26.4 Å². The zero-order chi connectivity index (χ0) is 22.0. The van der Waals surface area contributed by atoms with Gasteiger partial charge in [-0.3, -0.25) is 0 Å². The molecule has 0 N–H and O–H groups in total. The van der Waals surface area contributed by atoms with Crippen molar-refractivity contribution >= 4 is 28.5 Å². The fraction of sp³-hybridized carbons (Fsp3) is 0.0833. The predicted molar refractivity (Wildman–Crippen MR) is 117 cm³/mol. The van der Waals surface area contributed by atoms with E-state index in [0.29, 0.717) is 38.6 Å². The predicted octanol–water partition coefficient (Wildman–Crippen LogP) is 5.35. The van der Waals surface area contributed by atoms with Crippen LogP contribution in [-0.2, 0) is 0 Å². The Hall–Kier alpha value is -3.77. The van der Waals surface area contributed by atoms with Crippen LogP contribution in [-0.4, -0.2) is 20.2 Å². The lowest BCUT2D eigenvalue weighted by molar-refractivity contribution is 0.0734. The first-order chi connectivity index (χ1) is 15.0. The molecule has 0 radical (unpaired) electrons. The van der Waals surface area contributed by atoms with Gasteiger partial charge in [0.05, 0.1) is 25.3 Å². The van der Waals surface area contributed by atoms with Crippen LogP contribution in [0, 0.1) is 0 Å². The molecule has 0 aliphatic heterocycles. The van der Waals surface area contributed by atoms with E-state index in [4.69, 9.17) is 30.2 Å². The van der Waals surface area contributed by atoms with Crippen LogP contribution in [0.15, 0.2) is 75.9 Å². The van der Waals surface area contributed by atoms with Crippen molar-refractivity contribution in [2.75, 3.05) is 14.2 Å². The third-order valence-electron chi connectivity index (χ3n) is 4.69. The first-order valence-corrected chi connectivity index (χ1v) is 9.64. The van der Waals surface area contributed by atoms with Gasteiger partial charge in [0.15, 0.2) is 11.5 Å². The second-order valence-electron chi connectivity index (χ2n) is 6.61. The molecule has 0 unspecified atom stereocenters. The van der Waals surface area contributed by atoms with Crippen LogP contribution in [0.4, 0.5) is 0 Å². The number of hydrogen-bond acceptors (Lipinski definition) is 6. The summed E-state index contributed by atoms with van der Waals surface area (Å²) in [5.74, 6) is 0.578. The van der Waals surface area contributed by atoms with Gasteiger partial charge < -0.3 is 18.6 Å². The highest BCUT2D eigenvalue weighted by atomic mass is 35.5. The average Bonchev–Trinajstić information content (AvgIpc) is 2.78. The third-order valence-corrected chi connectivity index (χ3v) is 4.94. The SMILES string of the molecule is COc1ccc(C(=O)Oc2ccc3cc(-c4ccc(Cl)cc4)c(=O)oc3c2)cc1OC. The Bertz CT molecular complexity index is 1320. The van der Waals surface area contributed by atoms with Gasteiger partial charge in [-0.15, -0.1) is 0 Å². The monoisotopic (exact) mass is 436 g/mol. The molecule has 7 heteroatoms. The lowest BCUT2D eigenvalue weighted by Crippen LogP contribution is -2.09. The average molecular weight is 437 g/mol. The molecule has 0 saturated carbocycles. The van der Waals surface area contributed by atoms with Gasteiger partial charge in [0.25, 0.3) is 0 Å². The van der Waals surface area contributed by atoms with E-state index in [0.717, 1.165) is 0 Å². The lowest BCUT2D eigenvalue weighted by atomic mass is 10.1. The first-order valence-electron chi connectivity index (χ1n) is 9.26. The van der Waals surface area contributed by atoms with Crippen LogP contribution >= 0.6 is 11.6 Å². The van der Waals surface area contributed by atoms with Crippen molar-refractivity contribution in [1.29, 1.82) is 0 Å². The quantitative estimate of drug-likeness (QED) is 0.238. The third kappa shape index (κ3) is 4.25. The number of halogens is 1. The Morgan fingerprint density at radius 2 is 1.61 bits per heavy atom. The molecule has 0 atom stereocenters. The van der Waals surface area contributed by atoms with Crippen molar-refractivity contribution in [1.82, 2.24) is 0 Å². The summed E-state index contributed by atoms with van der Waals surface area (Å²) < 4.78 is 21.3. The standard InChI is InChI=1S/C24H17ClO6/c1-28-20-10-6-16(12-22(20)29-2)23(26)30-18-9-5-15-11-19(24(27)31-21(15)13-18)14-3-7-17(25)8-4-14/h3-13H,1-2H3. The molecule has 1 aromatic heterocycles. The van der Waals surface area contributed by atoms with Crippen molar-refractivity contribution in [3.63, 3.8) is 0 Å². The number of rotatable bonds is 5. The van der Waals surface area contributed by atoms with Gasteiger partial charge in [-0.2, -0.15) is 0 Å². The van der Waals surface area contributed by atoms with Gasteiger partial charge in [-0.1, -0.05) is 23.7 Å². The molecule has 0 saturated heterocycles. The molecule has 0 bridgehead atoms. The summed E-state index contributed by atoms with van der Waals surface area (Å²) in [6.07, 6.45) is 0. The van der Waals surface area contributed by atoms with E-state index >= 15 is 0 Å². The molecule has 0 aliphatic rings. The lowest BCUT2D eigenvalue weighted by Gasteiger charge is -2.10. The van der Waals surface area contributed by atoms with Gasteiger partial charge >= 0.3 is 11.6 Å². The van der Waals surface area contributed by atoms with Gasteiger partial charge in [-0.05, 0) is 54.1 Å². The summed E-state index contributed by atoms with van der Waals surface area (Å²) in [5.41, 5.74) is 1.21. The van der Waals surface area contributed by atoms with Crippen molar-refractivity contribution in [3.05, 3.63) is 87.7 Å². The summed E-state index contributed by atoms with van der Waals surface area (Å²) in [7, 11) is 2.99.